The molecular weight excluding hydrogens is 757 g/mol. The van der Waals surface area contributed by atoms with Crippen LogP contribution in [0.2, 0.25) is 0 Å². The summed E-state index contributed by atoms with van der Waals surface area (Å²) < 4.78 is 8.57. The van der Waals surface area contributed by atoms with Crippen molar-refractivity contribution in [3.05, 3.63) is 206 Å². The van der Waals surface area contributed by atoms with E-state index < -0.39 is 0 Å². The highest BCUT2D eigenvalue weighted by atomic mass is 16.3. The third-order valence-corrected chi connectivity index (χ3v) is 12.4. The fourth-order valence-electron chi connectivity index (χ4n) is 9.50. The van der Waals surface area contributed by atoms with E-state index in [1.54, 1.807) is 0 Å². The molecule has 0 aliphatic rings. The molecule has 10 aromatic carbocycles. The number of fused-ring (bicyclic) bond motifs is 12. The van der Waals surface area contributed by atoms with Crippen molar-refractivity contribution in [1.82, 2.24) is 19.5 Å². The normalized spacial score (nSPS) is 11.9. The highest BCUT2D eigenvalue weighted by Crippen LogP contribution is 2.41. The second-order valence-corrected chi connectivity index (χ2v) is 16.0. The topological polar surface area (TPSA) is 56.7 Å². The Morgan fingerprint density at radius 1 is 0.274 bits per heavy atom. The minimum atomic E-state index is 0.643. The van der Waals surface area contributed by atoms with Crippen LogP contribution in [0.25, 0.3) is 127 Å². The average Bonchev–Trinajstić information content (AvgIpc) is 3.89. The molecule has 0 saturated heterocycles. The fraction of sp³-hybridized carbons (Fsp3) is 0. The standard InChI is InChI=1S/C57H34N4O/c1-3-13-35(14-4-1)55-58-56(36-15-5-2-6-16-36)60-57(59-55)39-23-27-43-44-28-26-40(34-48(44)42-18-8-7-17-41(42)47(43)33-39)61-51-21-11-9-19-45(51)49-31-37(24-29-52(49)61)38-25-30-54-50(32-38)46-20-10-12-22-53(46)62-54/h1-34H. The van der Waals surface area contributed by atoms with Crippen molar-refractivity contribution >= 4 is 76.1 Å². The lowest BCUT2D eigenvalue weighted by Crippen LogP contribution is -2.00. The van der Waals surface area contributed by atoms with E-state index >= 15 is 0 Å². The first-order valence-electron chi connectivity index (χ1n) is 20.9. The lowest BCUT2D eigenvalue weighted by atomic mass is 9.93. The first-order chi connectivity index (χ1) is 30.7. The Kier molecular flexibility index (Phi) is 7.54. The first kappa shape index (κ1) is 34.5. The molecule has 0 atom stereocenters. The molecule has 13 aromatic rings. The van der Waals surface area contributed by atoms with E-state index in [0.717, 1.165) is 49.7 Å². The maximum atomic E-state index is 6.15. The maximum absolute atomic E-state index is 6.15. The summed E-state index contributed by atoms with van der Waals surface area (Å²) in [7, 11) is 0. The molecule has 5 nitrogen and oxygen atoms in total. The second-order valence-electron chi connectivity index (χ2n) is 16.0. The first-order valence-corrected chi connectivity index (χ1v) is 20.9. The summed E-state index contributed by atoms with van der Waals surface area (Å²) in [5.41, 5.74) is 10.5. The molecule has 62 heavy (non-hydrogen) atoms. The highest BCUT2D eigenvalue weighted by molar-refractivity contribution is 6.26. The van der Waals surface area contributed by atoms with Crippen molar-refractivity contribution in [2.45, 2.75) is 0 Å². The molecule has 0 aliphatic carbocycles. The molecule has 0 fully saturated rings. The molecule has 0 spiro atoms. The van der Waals surface area contributed by atoms with Crippen LogP contribution in [0, 0.1) is 0 Å². The van der Waals surface area contributed by atoms with Crippen molar-refractivity contribution in [1.29, 1.82) is 0 Å². The number of furan rings is 1. The van der Waals surface area contributed by atoms with Crippen molar-refractivity contribution in [3.63, 3.8) is 0 Å². The van der Waals surface area contributed by atoms with Crippen molar-refractivity contribution in [3.8, 4) is 51.0 Å². The molecule has 0 amide bonds. The zero-order valence-corrected chi connectivity index (χ0v) is 33.3. The minimum absolute atomic E-state index is 0.643. The summed E-state index contributed by atoms with van der Waals surface area (Å²) in [4.78, 5) is 15.0. The van der Waals surface area contributed by atoms with Crippen LogP contribution in [-0.2, 0) is 0 Å². The van der Waals surface area contributed by atoms with E-state index in [4.69, 9.17) is 19.4 Å². The van der Waals surface area contributed by atoms with Gasteiger partial charge in [0.25, 0.3) is 0 Å². The lowest BCUT2D eigenvalue weighted by molar-refractivity contribution is 0.669. The lowest BCUT2D eigenvalue weighted by Gasteiger charge is -2.15. The largest absolute Gasteiger partial charge is 0.456 e. The molecule has 13 rings (SSSR count). The van der Waals surface area contributed by atoms with E-state index in [2.05, 4.69) is 138 Å². The van der Waals surface area contributed by atoms with Gasteiger partial charge in [-0.25, -0.2) is 15.0 Å². The Hall–Kier alpha value is -8.41. The summed E-state index contributed by atoms with van der Waals surface area (Å²) in [6, 6.07) is 73.0. The molecule has 3 heterocycles. The SMILES string of the molecule is c1ccc(-c2nc(-c3ccccc3)nc(-c3ccc4c5ccc(-n6c7ccccc7c7cc(-c8ccc9oc%10ccccc%10c9c8)ccc76)cc5c5ccccc5c4c3)n2)cc1. The Morgan fingerprint density at radius 2 is 0.742 bits per heavy atom. The van der Waals surface area contributed by atoms with Crippen molar-refractivity contribution < 1.29 is 4.42 Å². The zero-order valence-electron chi connectivity index (χ0n) is 33.3. The van der Waals surface area contributed by atoms with Gasteiger partial charge in [-0.3, -0.25) is 0 Å². The molecule has 5 heteroatoms. The predicted octanol–water partition coefficient (Wildman–Crippen LogP) is 15.0. The number of rotatable bonds is 5. The fourth-order valence-corrected chi connectivity index (χ4v) is 9.50. The van der Waals surface area contributed by atoms with Gasteiger partial charge in [0.05, 0.1) is 11.0 Å². The number of para-hydroxylation sites is 2. The third-order valence-electron chi connectivity index (χ3n) is 12.4. The monoisotopic (exact) mass is 790 g/mol. The Labute approximate surface area is 355 Å². The summed E-state index contributed by atoms with van der Waals surface area (Å²) in [5, 5.41) is 11.8. The molecule has 0 N–H and O–H groups in total. The molecule has 0 unspecified atom stereocenters. The van der Waals surface area contributed by atoms with E-state index in [0.29, 0.717) is 17.5 Å². The van der Waals surface area contributed by atoms with Crippen molar-refractivity contribution in [2.75, 3.05) is 0 Å². The van der Waals surface area contributed by atoms with Gasteiger partial charge in [-0.15, -0.1) is 0 Å². The zero-order chi connectivity index (χ0) is 40.7. The van der Waals surface area contributed by atoms with E-state index in [1.165, 1.54) is 59.9 Å². The number of hydrogen-bond donors (Lipinski definition) is 0. The van der Waals surface area contributed by atoms with Crippen LogP contribution in [-0.4, -0.2) is 19.5 Å². The molecule has 0 saturated carbocycles. The van der Waals surface area contributed by atoms with E-state index in [-0.39, 0.29) is 0 Å². The van der Waals surface area contributed by atoms with Crippen LogP contribution >= 0.6 is 0 Å². The minimum Gasteiger partial charge on any atom is -0.456 e. The quantitative estimate of drug-likeness (QED) is 0.163. The molecule has 3 aromatic heterocycles. The highest BCUT2D eigenvalue weighted by Gasteiger charge is 2.18. The van der Waals surface area contributed by atoms with E-state index in [1.807, 2.05) is 72.8 Å². The van der Waals surface area contributed by atoms with Crippen LogP contribution in [0.3, 0.4) is 0 Å². The summed E-state index contributed by atoms with van der Waals surface area (Å²) in [5.74, 6) is 1.94. The van der Waals surface area contributed by atoms with Crippen LogP contribution in [0.1, 0.15) is 0 Å². The number of aromatic nitrogens is 4. The van der Waals surface area contributed by atoms with Gasteiger partial charge in [-0.1, -0.05) is 152 Å². The average molecular weight is 791 g/mol. The van der Waals surface area contributed by atoms with Crippen LogP contribution < -0.4 is 0 Å². The Bertz CT molecular complexity index is 3850. The summed E-state index contributed by atoms with van der Waals surface area (Å²) in [6.07, 6.45) is 0. The van der Waals surface area contributed by atoms with Gasteiger partial charge in [0.1, 0.15) is 11.2 Å². The van der Waals surface area contributed by atoms with Gasteiger partial charge in [-0.05, 0) is 98.0 Å². The molecule has 0 radical (unpaired) electrons. The Balaban J connectivity index is 0.966. The number of nitrogens with zero attached hydrogens (tertiary/aromatic N) is 4. The van der Waals surface area contributed by atoms with Gasteiger partial charge >= 0.3 is 0 Å². The smallest absolute Gasteiger partial charge is 0.164 e. The number of hydrogen-bond acceptors (Lipinski definition) is 4. The maximum Gasteiger partial charge on any atom is 0.164 e. The third kappa shape index (κ3) is 5.38. The van der Waals surface area contributed by atoms with Gasteiger partial charge in [0.2, 0.25) is 0 Å². The molecule has 288 valence electrons. The summed E-state index contributed by atoms with van der Waals surface area (Å²) >= 11 is 0. The molecular formula is C57H34N4O. The van der Waals surface area contributed by atoms with Crippen LogP contribution in [0.4, 0.5) is 0 Å². The molecule has 0 bridgehead atoms. The summed E-state index contributed by atoms with van der Waals surface area (Å²) in [6.45, 7) is 0. The van der Waals surface area contributed by atoms with E-state index in [9.17, 15) is 0 Å². The number of benzene rings is 10. The van der Waals surface area contributed by atoms with Gasteiger partial charge < -0.3 is 8.98 Å². The second kappa shape index (κ2) is 13.6. The van der Waals surface area contributed by atoms with Crippen molar-refractivity contribution in [2.24, 2.45) is 0 Å². The van der Waals surface area contributed by atoms with Gasteiger partial charge in [0.15, 0.2) is 17.5 Å². The van der Waals surface area contributed by atoms with Crippen LogP contribution in [0.5, 0.6) is 0 Å². The van der Waals surface area contributed by atoms with Gasteiger partial charge in [0, 0.05) is 43.9 Å². The Morgan fingerprint density at radius 3 is 1.45 bits per heavy atom. The predicted molar refractivity (Wildman–Crippen MR) is 256 cm³/mol. The molecule has 0 aliphatic heterocycles. The van der Waals surface area contributed by atoms with Crippen LogP contribution in [0.15, 0.2) is 211 Å². The van der Waals surface area contributed by atoms with Gasteiger partial charge in [-0.2, -0.15) is 0 Å².